The summed E-state index contributed by atoms with van der Waals surface area (Å²) >= 11 is 3.39. The van der Waals surface area contributed by atoms with Crippen molar-refractivity contribution < 1.29 is 14.3 Å². The van der Waals surface area contributed by atoms with E-state index in [0.29, 0.717) is 37.8 Å². The van der Waals surface area contributed by atoms with Crippen LogP contribution in [0.2, 0.25) is 0 Å². The maximum absolute atomic E-state index is 12.8. The average Bonchev–Trinajstić information content (AvgIpc) is 3.24. The maximum Gasteiger partial charge on any atom is 0.358 e. The topological polar surface area (TPSA) is 81.7 Å². The summed E-state index contributed by atoms with van der Waals surface area (Å²) in [5, 5.41) is 4.36. The van der Waals surface area contributed by atoms with Crippen LogP contribution in [-0.4, -0.2) is 49.1 Å². The highest BCUT2D eigenvalue weighted by molar-refractivity contribution is 9.10. The second-order valence-electron chi connectivity index (χ2n) is 5.93. The zero-order valence-electron chi connectivity index (χ0n) is 14.1. The van der Waals surface area contributed by atoms with Gasteiger partial charge in [0.05, 0.1) is 18.7 Å². The third-order valence-corrected chi connectivity index (χ3v) is 4.69. The highest BCUT2D eigenvalue weighted by Gasteiger charge is 2.26. The largest absolute Gasteiger partial charge is 0.461 e. The maximum atomic E-state index is 12.8. The number of imidazole rings is 1. The van der Waals surface area contributed by atoms with Crippen LogP contribution in [-0.2, 0) is 17.8 Å². The average molecular weight is 418 g/mol. The van der Waals surface area contributed by atoms with Crippen molar-refractivity contribution in [1.82, 2.24) is 24.1 Å². The fraction of sp³-hybridized carbons (Fsp3) is 0.294. The fourth-order valence-corrected chi connectivity index (χ4v) is 3.28. The van der Waals surface area contributed by atoms with Gasteiger partial charge in [0.25, 0.3) is 5.91 Å². The van der Waals surface area contributed by atoms with Gasteiger partial charge in [0.2, 0.25) is 0 Å². The molecule has 9 heteroatoms. The van der Waals surface area contributed by atoms with E-state index in [-0.39, 0.29) is 11.6 Å². The lowest BCUT2D eigenvalue weighted by Gasteiger charge is -2.26. The van der Waals surface area contributed by atoms with E-state index in [1.54, 1.807) is 34.8 Å². The number of pyridine rings is 1. The number of nitrogens with zero attached hydrogens (tertiary/aromatic N) is 5. The molecule has 0 radical (unpaired) electrons. The van der Waals surface area contributed by atoms with Gasteiger partial charge in [-0.1, -0.05) is 0 Å². The third kappa shape index (κ3) is 2.98. The molecule has 0 bridgehead atoms. The normalized spacial score (nSPS) is 13.7. The molecule has 26 heavy (non-hydrogen) atoms. The Bertz CT molecular complexity index is 1010. The van der Waals surface area contributed by atoms with Crippen molar-refractivity contribution in [2.24, 2.45) is 0 Å². The molecule has 134 valence electrons. The minimum absolute atomic E-state index is 0.156. The molecule has 0 N–H and O–H groups in total. The molecule has 1 amide bonds. The molecule has 0 saturated carbocycles. The van der Waals surface area contributed by atoms with Gasteiger partial charge < -0.3 is 14.2 Å². The Balaban J connectivity index is 1.55. The Labute approximate surface area is 157 Å². The Morgan fingerprint density at radius 2 is 2.08 bits per heavy atom. The van der Waals surface area contributed by atoms with Gasteiger partial charge in [-0.25, -0.2) is 14.3 Å². The smallest absolute Gasteiger partial charge is 0.358 e. The van der Waals surface area contributed by atoms with Crippen LogP contribution >= 0.6 is 15.9 Å². The van der Waals surface area contributed by atoms with E-state index in [4.69, 9.17) is 4.74 Å². The molecule has 0 atom stereocenters. The first-order chi connectivity index (χ1) is 12.5. The Morgan fingerprint density at radius 1 is 1.23 bits per heavy atom. The summed E-state index contributed by atoms with van der Waals surface area (Å²) in [5.41, 5.74) is 1.50. The van der Waals surface area contributed by atoms with E-state index in [2.05, 4.69) is 26.0 Å². The Kier molecular flexibility index (Phi) is 4.23. The lowest BCUT2D eigenvalue weighted by Crippen LogP contribution is -2.38. The molecule has 1 aliphatic rings. The van der Waals surface area contributed by atoms with Crippen LogP contribution in [0.5, 0.6) is 0 Å². The highest BCUT2D eigenvalue weighted by Crippen LogP contribution is 2.18. The predicted molar refractivity (Wildman–Crippen MR) is 95.8 cm³/mol. The van der Waals surface area contributed by atoms with Gasteiger partial charge in [0, 0.05) is 30.0 Å². The molecular formula is C17H16BrN5O3. The van der Waals surface area contributed by atoms with Gasteiger partial charge >= 0.3 is 5.97 Å². The lowest BCUT2D eigenvalue weighted by atomic mass is 10.3. The summed E-state index contributed by atoms with van der Waals surface area (Å²) in [6, 6.07) is 5.56. The van der Waals surface area contributed by atoms with Gasteiger partial charge in [-0.05, 0) is 41.1 Å². The number of ether oxygens (including phenoxy) is 1. The van der Waals surface area contributed by atoms with E-state index in [9.17, 15) is 9.59 Å². The van der Waals surface area contributed by atoms with Crippen LogP contribution in [0, 0.1) is 0 Å². The van der Waals surface area contributed by atoms with Crippen molar-refractivity contribution in [3.05, 3.63) is 52.3 Å². The van der Waals surface area contributed by atoms with Gasteiger partial charge in [-0.3, -0.25) is 4.79 Å². The van der Waals surface area contributed by atoms with E-state index >= 15 is 0 Å². The third-order valence-electron chi connectivity index (χ3n) is 4.22. The Hall–Kier alpha value is -2.68. The first-order valence-corrected chi connectivity index (χ1v) is 9.02. The fourth-order valence-electron chi connectivity index (χ4n) is 2.96. The first kappa shape index (κ1) is 16.8. The molecule has 0 spiro atoms. The molecule has 1 aliphatic heterocycles. The Morgan fingerprint density at radius 3 is 2.88 bits per heavy atom. The number of carbonyl (C=O) groups excluding carboxylic acids is 2. The predicted octanol–water partition coefficient (Wildman–Crippen LogP) is 2.13. The van der Waals surface area contributed by atoms with E-state index < -0.39 is 5.97 Å². The number of amides is 1. The first-order valence-electron chi connectivity index (χ1n) is 8.22. The van der Waals surface area contributed by atoms with Gasteiger partial charge in [0.15, 0.2) is 11.4 Å². The van der Waals surface area contributed by atoms with Crippen molar-refractivity contribution in [2.45, 2.75) is 20.0 Å². The summed E-state index contributed by atoms with van der Waals surface area (Å²) in [4.78, 5) is 30.6. The molecule has 0 aliphatic carbocycles. The quantitative estimate of drug-likeness (QED) is 0.609. The highest BCUT2D eigenvalue weighted by atomic mass is 79.9. The lowest BCUT2D eigenvalue weighted by molar-refractivity contribution is 0.0519. The van der Waals surface area contributed by atoms with Gasteiger partial charge in [-0.15, -0.1) is 0 Å². The molecular weight excluding hydrogens is 402 g/mol. The van der Waals surface area contributed by atoms with Crippen molar-refractivity contribution in [1.29, 1.82) is 0 Å². The number of hydrogen-bond donors (Lipinski definition) is 0. The number of hydrogen-bond acceptors (Lipinski definition) is 5. The molecule has 8 nitrogen and oxygen atoms in total. The van der Waals surface area contributed by atoms with E-state index in [1.807, 2.05) is 16.7 Å². The number of fused-ring (bicyclic) bond motifs is 2. The second kappa shape index (κ2) is 6.56. The van der Waals surface area contributed by atoms with Crippen LogP contribution in [0.1, 0.15) is 33.7 Å². The molecule has 0 aromatic carbocycles. The van der Waals surface area contributed by atoms with Crippen LogP contribution < -0.4 is 0 Å². The van der Waals surface area contributed by atoms with Crippen LogP contribution in [0.3, 0.4) is 0 Å². The number of carbonyl (C=O) groups is 2. The minimum Gasteiger partial charge on any atom is -0.461 e. The van der Waals surface area contributed by atoms with Crippen LogP contribution in [0.4, 0.5) is 0 Å². The zero-order valence-corrected chi connectivity index (χ0v) is 15.6. The SMILES string of the molecule is CCOC(=O)c1cn2c(n1)CN(C(=O)c1cc3ccc(Br)cn3n1)CC2. The zero-order chi connectivity index (χ0) is 18.3. The minimum atomic E-state index is -0.446. The number of esters is 1. The van der Waals surface area contributed by atoms with Crippen molar-refractivity contribution in [3.8, 4) is 0 Å². The van der Waals surface area contributed by atoms with E-state index in [1.165, 1.54) is 0 Å². The number of rotatable bonds is 3. The van der Waals surface area contributed by atoms with Gasteiger partial charge in [-0.2, -0.15) is 5.10 Å². The van der Waals surface area contributed by atoms with Crippen molar-refractivity contribution >= 4 is 33.3 Å². The summed E-state index contributed by atoms with van der Waals surface area (Å²) in [5.74, 6) is 0.0640. The molecule has 0 fully saturated rings. The summed E-state index contributed by atoms with van der Waals surface area (Å²) in [6.45, 7) is 3.49. The summed E-state index contributed by atoms with van der Waals surface area (Å²) in [6.07, 6.45) is 3.48. The summed E-state index contributed by atoms with van der Waals surface area (Å²) < 4.78 is 9.42. The molecule has 0 saturated heterocycles. The number of halogens is 1. The molecule has 4 heterocycles. The van der Waals surface area contributed by atoms with Crippen LogP contribution in [0.25, 0.3) is 5.52 Å². The van der Waals surface area contributed by atoms with Crippen LogP contribution in [0.15, 0.2) is 35.1 Å². The van der Waals surface area contributed by atoms with Gasteiger partial charge in [0.1, 0.15) is 5.82 Å². The standard InChI is InChI=1S/C17H16BrN5O3/c1-2-26-17(25)14-9-21-5-6-22(10-15(21)19-14)16(24)13-7-12-4-3-11(18)8-23(12)20-13/h3-4,7-9H,2,5-6,10H2,1H3. The van der Waals surface area contributed by atoms with Crippen molar-refractivity contribution in [3.63, 3.8) is 0 Å². The van der Waals surface area contributed by atoms with E-state index in [0.717, 1.165) is 9.99 Å². The second-order valence-corrected chi connectivity index (χ2v) is 6.84. The van der Waals surface area contributed by atoms with Crippen molar-refractivity contribution in [2.75, 3.05) is 13.2 Å². The molecule has 3 aromatic heterocycles. The number of aromatic nitrogens is 4. The monoisotopic (exact) mass is 417 g/mol. The summed E-state index contributed by atoms with van der Waals surface area (Å²) in [7, 11) is 0. The molecule has 4 rings (SSSR count). The molecule has 3 aromatic rings. The molecule has 0 unspecified atom stereocenters.